The fraction of sp³-hybridized carbons (Fsp3) is 0.304. The molecule has 6 nitrogen and oxygen atoms in total. The summed E-state index contributed by atoms with van der Waals surface area (Å²) >= 11 is 3.56. The van der Waals surface area contributed by atoms with Gasteiger partial charge in [-0.25, -0.2) is 0 Å². The van der Waals surface area contributed by atoms with Crippen LogP contribution in [0.15, 0.2) is 41.0 Å². The maximum absolute atomic E-state index is 9.73. The van der Waals surface area contributed by atoms with Gasteiger partial charge < -0.3 is 20.1 Å². The first kappa shape index (κ1) is 23.1. The summed E-state index contributed by atoms with van der Waals surface area (Å²) < 4.78 is 12.5. The van der Waals surface area contributed by atoms with Gasteiger partial charge in [0, 0.05) is 34.4 Å². The molecule has 3 aromatic rings. The average Bonchev–Trinajstić information content (AvgIpc) is 2.76. The van der Waals surface area contributed by atoms with Gasteiger partial charge in [-0.3, -0.25) is 4.98 Å². The molecule has 8 heteroatoms. The van der Waals surface area contributed by atoms with Crippen LogP contribution in [0.5, 0.6) is 11.5 Å². The zero-order valence-electron chi connectivity index (χ0n) is 17.2. The Morgan fingerprint density at radius 3 is 2.87 bits per heavy atom. The van der Waals surface area contributed by atoms with Crippen LogP contribution in [0.2, 0.25) is 0 Å². The van der Waals surface area contributed by atoms with Crippen LogP contribution in [0, 0.1) is 11.3 Å². The Morgan fingerprint density at radius 2 is 2.06 bits per heavy atom. The van der Waals surface area contributed by atoms with E-state index in [2.05, 4.69) is 43.7 Å². The molecule has 31 heavy (non-hydrogen) atoms. The number of anilines is 2. The monoisotopic (exact) mass is 502 g/mol. The van der Waals surface area contributed by atoms with E-state index in [1.807, 2.05) is 24.3 Å². The SMILES string of the molecule is COc1cc2ncc(C#N)c3c2cc1OCCCCCNCc1ccc(Br)cc1N3.Cl. The maximum atomic E-state index is 9.73. The van der Waals surface area contributed by atoms with Crippen LogP contribution in [-0.2, 0) is 6.54 Å². The quantitative estimate of drug-likeness (QED) is 0.444. The lowest BCUT2D eigenvalue weighted by Gasteiger charge is -2.17. The lowest BCUT2D eigenvalue weighted by molar-refractivity contribution is 0.285. The van der Waals surface area contributed by atoms with E-state index in [9.17, 15) is 5.26 Å². The molecule has 0 fully saturated rings. The van der Waals surface area contributed by atoms with Gasteiger partial charge in [0.25, 0.3) is 0 Å². The van der Waals surface area contributed by atoms with Gasteiger partial charge in [0.1, 0.15) is 6.07 Å². The molecule has 2 bridgehead atoms. The van der Waals surface area contributed by atoms with Crippen molar-refractivity contribution in [3.05, 3.63) is 52.1 Å². The Hall–Kier alpha value is -2.53. The molecule has 1 aliphatic heterocycles. The normalized spacial score (nSPS) is 14.1. The molecule has 0 atom stereocenters. The van der Waals surface area contributed by atoms with Gasteiger partial charge in [0.05, 0.1) is 30.5 Å². The second-order valence-corrected chi connectivity index (χ2v) is 8.11. The first-order valence-electron chi connectivity index (χ1n) is 9.99. The van der Waals surface area contributed by atoms with E-state index in [0.717, 1.165) is 59.0 Å². The van der Waals surface area contributed by atoms with Crippen molar-refractivity contribution >= 4 is 50.6 Å². The number of ether oxygens (including phenoxy) is 2. The highest BCUT2D eigenvalue weighted by atomic mass is 79.9. The molecule has 1 aromatic heterocycles. The van der Waals surface area contributed by atoms with Crippen molar-refractivity contribution in [2.24, 2.45) is 0 Å². The molecule has 162 valence electrons. The maximum Gasteiger partial charge on any atom is 0.162 e. The van der Waals surface area contributed by atoms with Crippen molar-refractivity contribution in [1.82, 2.24) is 10.3 Å². The van der Waals surface area contributed by atoms with E-state index in [0.29, 0.717) is 29.4 Å². The third kappa shape index (κ3) is 5.21. The summed E-state index contributed by atoms with van der Waals surface area (Å²) in [6.07, 6.45) is 4.73. The number of nitrogens with one attached hydrogen (secondary N) is 2. The molecule has 2 heterocycles. The number of rotatable bonds is 1. The van der Waals surface area contributed by atoms with Gasteiger partial charge >= 0.3 is 0 Å². The minimum absolute atomic E-state index is 0. The van der Waals surface area contributed by atoms with E-state index >= 15 is 0 Å². The van der Waals surface area contributed by atoms with Crippen molar-refractivity contribution in [2.45, 2.75) is 25.8 Å². The van der Waals surface area contributed by atoms with Crippen LogP contribution in [0.3, 0.4) is 0 Å². The van der Waals surface area contributed by atoms with Crippen molar-refractivity contribution < 1.29 is 9.47 Å². The van der Waals surface area contributed by atoms with E-state index in [1.54, 1.807) is 13.3 Å². The zero-order chi connectivity index (χ0) is 20.9. The highest BCUT2D eigenvalue weighted by Gasteiger charge is 2.16. The van der Waals surface area contributed by atoms with Crippen molar-refractivity contribution in [1.29, 1.82) is 5.26 Å². The Bertz CT molecular complexity index is 1120. The predicted octanol–water partition coefficient (Wildman–Crippen LogP) is 5.70. The number of hydrogen-bond acceptors (Lipinski definition) is 6. The van der Waals surface area contributed by atoms with Crippen LogP contribution >= 0.6 is 28.3 Å². The van der Waals surface area contributed by atoms with Gasteiger partial charge in [-0.1, -0.05) is 22.0 Å². The molecule has 0 saturated heterocycles. The number of hydrogen-bond donors (Lipinski definition) is 2. The largest absolute Gasteiger partial charge is 0.493 e. The summed E-state index contributed by atoms with van der Waals surface area (Å²) in [6.45, 7) is 2.30. The summed E-state index contributed by atoms with van der Waals surface area (Å²) in [7, 11) is 1.62. The molecule has 2 aromatic carbocycles. The number of nitrogens with zero attached hydrogens (tertiary/aromatic N) is 2. The average molecular weight is 504 g/mol. The predicted molar refractivity (Wildman–Crippen MR) is 129 cm³/mol. The molecule has 4 rings (SSSR count). The van der Waals surface area contributed by atoms with Crippen LogP contribution in [0.4, 0.5) is 11.4 Å². The zero-order valence-corrected chi connectivity index (χ0v) is 19.6. The molecule has 1 aliphatic rings. The number of fused-ring (bicyclic) bond motifs is 2. The highest BCUT2D eigenvalue weighted by Crippen LogP contribution is 2.38. The summed E-state index contributed by atoms with van der Waals surface area (Å²) in [5, 5.41) is 17.6. The summed E-state index contributed by atoms with van der Waals surface area (Å²) in [4.78, 5) is 4.47. The molecular formula is C23H24BrClN4O2. The summed E-state index contributed by atoms with van der Waals surface area (Å²) in [5.41, 5.74) is 3.99. The number of methoxy groups -OCH3 is 1. The lowest BCUT2D eigenvalue weighted by atomic mass is 10.1. The van der Waals surface area contributed by atoms with E-state index in [-0.39, 0.29) is 12.4 Å². The number of pyridine rings is 1. The second-order valence-electron chi connectivity index (χ2n) is 7.19. The first-order chi connectivity index (χ1) is 14.7. The first-order valence-corrected chi connectivity index (χ1v) is 10.8. The lowest BCUT2D eigenvalue weighted by Crippen LogP contribution is -2.16. The Balaban J connectivity index is 0.00000272. The minimum atomic E-state index is 0. The van der Waals surface area contributed by atoms with Crippen molar-refractivity contribution in [3.8, 4) is 17.6 Å². The van der Waals surface area contributed by atoms with Gasteiger partial charge in [-0.05, 0) is 49.6 Å². The fourth-order valence-corrected chi connectivity index (χ4v) is 3.94. The van der Waals surface area contributed by atoms with Crippen LogP contribution in [0.1, 0.15) is 30.4 Å². The van der Waals surface area contributed by atoms with Crippen LogP contribution < -0.4 is 20.1 Å². The third-order valence-corrected chi connectivity index (χ3v) is 5.67. The fourth-order valence-electron chi connectivity index (χ4n) is 3.58. The van der Waals surface area contributed by atoms with Gasteiger partial charge in [0.15, 0.2) is 11.5 Å². The number of halogens is 2. The van der Waals surface area contributed by atoms with Crippen LogP contribution in [-0.4, -0.2) is 25.2 Å². The Labute approximate surface area is 196 Å². The number of benzene rings is 2. The molecular weight excluding hydrogens is 480 g/mol. The molecule has 0 radical (unpaired) electrons. The number of aromatic nitrogens is 1. The molecule has 0 aliphatic carbocycles. The minimum Gasteiger partial charge on any atom is -0.493 e. The molecule has 0 unspecified atom stereocenters. The van der Waals surface area contributed by atoms with Crippen molar-refractivity contribution in [2.75, 3.05) is 25.6 Å². The third-order valence-electron chi connectivity index (χ3n) is 5.18. The standard InChI is InChI=1S/C23H23BrN4O2.ClH/c1-29-21-11-20-18-10-22(21)30-8-4-2-3-7-26-13-15-5-6-17(24)9-19(15)28-23(18)16(12-25)14-27-20;/h5-6,9-11,14,26,28H,2-4,7-8,13H2,1H3;1H. The van der Waals surface area contributed by atoms with Gasteiger partial charge in [-0.2, -0.15) is 5.26 Å². The van der Waals surface area contributed by atoms with Gasteiger partial charge in [0.2, 0.25) is 0 Å². The Kier molecular flexibility index (Phi) is 7.97. The van der Waals surface area contributed by atoms with E-state index in [4.69, 9.17) is 9.47 Å². The summed E-state index contributed by atoms with van der Waals surface area (Å²) in [6, 6.07) is 12.2. The van der Waals surface area contributed by atoms with Gasteiger partial charge in [-0.15, -0.1) is 12.4 Å². The number of nitriles is 1. The molecule has 0 saturated carbocycles. The smallest absolute Gasteiger partial charge is 0.162 e. The van der Waals surface area contributed by atoms with E-state index in [1.165, 1.54) is 0 Å². The molecule has 0 spiro atoms. The second kappa shape index (κ2) is 10.7. The molecule has 2 N–H and O–H groups in total. The highest BCUT2D eigenvalue weighted by molar-refractivity contribution is 9.10. The van der Waals surface area contributed by atoms with Crippen molar-refractivity contribution in [3.63, 3.8) is 0 Å². The topological polar surface area (TPSA) is 79.2 Å². The molecule has 0 amide bonds. The van der Waals surface area contributed by atoms with Crippen LogP contribution in [0.25, 0.3) is 10.9 Å². The Morgan fingerprint density at radius 1 is 1.19 bits per heavy atom. The summed E-state index contributed by atoms with van der Waals surface area (Å²) in [5.74, 6) is 1.30. The van der Waals surface area contributed by atoms with E-state index < -0.39 is 0 Å².